The standard InChI is InChI=1S/C18H23N5OS/c24-16(14-23-12-15-4-1-2-5-17(15)25-23)13-21-8-10-22(11-9-21)18-19-6-3-7-20-18/h1-7,16,24H,8-14H2. The van der Waals surface area contributed by atoms with Crippen molar-refractivity contribution in [1.82, 2.24) is 19.2 Å². The van der Waals surface area contributed by atoms with Gasteiger partial charge in [-0.1, -0.05) is 18.2 Å². The van der Waals surface area contributed by atoms with Crippen LogP contribution in [-0.2, 0) is 6.54 Å². The molecule has 0 saturated carbocycles. The minimum Gasteiger partial charge on any atom is -0.390 e. The van der Waals surface area contributed by atoms with Gasteiger partial charge in [-0.2, -0.15) is 0 Å². The molecule has 1 saturated heterocycles. The normalized spacial score (nSPS) is 19.8. The third-order valence-electron chi connectivity index (χ3n) is 4.64. The first-order valence-corrected chi connectivity index (χ1v) is 9.48. The molecule has 2 aliphatic rings. The summed E-state index contributed by atoms with van der Waals surface area (Å²) in [5, 5.41) is 10.5. The zero-order valence-corrected chi connectivity index (χ0v) is 15.0. The van der Waals surface area contributed by atoms with Gasteiger partial charge in [0.05, 0.1) is 6.10 Å². The van der Waals surface area contributed by atoms with Gasteiger partial charge in [0.1, 0.15) is 0 Å². The molecule has 3 heterocycles. The fourth-order valence-electron chi connectivity index (χ4n) is 3.36. The quantitative estimate of drug-likeness (QED) is 0.814. The van der Waals surface area contributed by atoms with Gasteiger partial charge in [-0.3, -0.25) is 4.90 Å². The van der Waals surface area contributed by atoms with Crippen molar-refractivity contribution in [1.29, 1.82) is 0 Å². The van der Waals surface area contributed by atoms with Crippen molar-refractivity contribution in [3.63, 3.8) is 0 Å². The summed E-state index contributed by atoms with van der Waals surface area (Å²) in [4.78, 5) is 14.5. The first-order chi connectivity index (χ1) is 12.3. The van der Waals surface area contributed by atoms with E-state index in [2.05, 4.69) is 48.3 Å². The molecule has 1 atom stereocenters. The third kappa shape index (κ3) is 4.12. The van der Waals surface area contributed by atoms with Crippen molar-refractivity contribution < 1.29 is 5.11 Å². The van der Waals surface area contributed by atoms with Crippen molar-refractivity contribution in [2.45, 2.75) is 17.5 Å². The molecule has 6 nitrogen and oxygen atoms in total. The molecular weight excluding hydrogens is 334 g/mol. The number of aliphatic hydroxyl groups is 1. The molecule has 2 aliphatic heterocycles. The lowest BCUT2D eigenvalue weighted by Gasteiger charge is -2.35. The molecule has 2 aromatic rings. The van der Waals surface area contributed by atoms with E-state index < -0.39 is 0 Å². The van der Waals surface area contributed by atoms with Crippen LogP contribution in [0.1, 0.15) is 5.56 Å². The van der Waals surface area contributed by atoms with Gasteiger partial charge in [0, 0.05) is 63.1 Å². The number of rotatable bonds is 5. The van der Waals surface area contributed by atoms with Gasteiger partial charge >= 0.3 is 0 Å². The summed E-state index contributed by atoms with van der Waals surface area (Å²) in [6.07, 6.45) is 3.23. The van der Waals surface area contributed by atoms with Gasteiger partial charge in [0.25, 0.3) is 0 Å². The molecule has 1 fully saturated rings. The predicted molar refractivity (Wildman–Crippen MR) is 99.4 cm³/mol. The molecule has 0 radical (unpaired) electrons. The third-order valence-corrected chi connectivity index (χ3v) is 5.77. The monoisotopic (exact) mass is 357 g/mol. The molecule has 1 aromatic carbocycles. The Morgan fingerprint density at radius 2 is 1.76 bits per heavy atom. The Balaban J connectivity index is 1.23. The fourth-order valence-corrected chi connectivity index (χ4v) is 4.48. The second-order valence-corrected chi connectivity index (χ2v) is 7.65. The SMILES string of the molecule is OC(CN1CCN(c2ncccn2)CC1)CN1Cc2ccccc2S1. The van der Waals surface area contributed by atoms with Crippen LogP contribution in [0.25, 0.3) is 0 Å². The Morgan fingerprint density at radius 3 is 2.52 bits per heavy atom. The van der Waals surface area contributed by atoms with Crippen molar-refractivity contribution in [2.75, 3.05) is 44.2 Å². The highest BCUT2D eigenvalue weighted by molar-refractivity contribution is 7.97. The molecule has 7 heteroatoms. The maximum absolute atomic E-state index is 10.5. The van der Waals surface area contributed by atoms with Crippen molar-refractivity contribution >= 4 is 17.9 Å². The summed E-state index contributed by atoms with van der Waals surface area (Å²) in [5.74, 6) is 0.800. The number of anilines is 1. The van der Waals surface area contributed by atoms with Crippen LogP contribution in [0.2, 0.25) is 0 Å². The second-order valence-electron chi connectivity index (χ2n) is 6.51. The van der Waals surface area contributed by atoms with Gasteiger partial charge in [0.15, 0.2) is 0 Å². The summed E-state index contributed by atoms with van der Waals surface area (Å²) in [6.45, 7) is 6.00. The molecule has 1 N–H and O–H groups in total. The average Bonchev–Trinajstić information content (AvgIpc) is 3.05. The number of benzene rings is 1. The Bertz CT molecular complexity index is 668. The van der Waals surface area contributed by atoms with E-state index in [0.29, 0.717) is 6.54 Å². The highest BCUT2D eigenvalue weighted by Gasteiger charge is 2.24. The van der Waals surface area contributed by atoms with Gasteiger partial charge < -0.3 is 10.0 Å². The molecule has 132 valence electrons. The fraction of sp³-hybridized carbons (Fsp3) is 0.444. The first-order valence-electron chi connectivity index (χ1n) is 8.71. The zero-order valence-electron chi connectivity index (χ0n) is 14.2. The Morgan fingerprint density at radius 1 is 1.00 bits per heavy atom. The zero-order chi connectivity index (χ0) is 17.1. The van der Waals surface area contributed by atoms with E-state index in [4.69, 9.17) is 0 Å². The molecule has 0 spiro atoms. The van der Waals surface area contributed by atoms with Crippen LogP contribution >= 0.6 is 11.9 Å². The van der Waals surface area contributed by atoms with E-state index >= 15 is 0 Å². The second kappa shape index (κ2) is 7.70. The van der Waals surface area contributed by atoms with Crippen LogP contribution in [0, 0.1) is 0 Å². The van der Waals surface area contributed by atoms with E-state index in [1.54, 1.807) is 24.3 Å². The van der Waals surface area contributed by atoms with Crippen LogP contribution in [-0.4, -0.2) is 69.7 Å². The van der Waals surface area contributed by atoms with E-state index in [9.17, 15) is 5.11 Å². The number of aliphatic hydroxyl groups excluding tert-OH is 1. The minimum atomic E-state index is -0.332. The lowest BCUT2D eigenvalue weighted by molar-refractivity contribution is 0.0936. The summed E-state index contributed by atoms with van der Waals surface area (Å²) in [6, 6.07) is 10.3. The number of fused-ring (bicyclic) bond motifs is 1. The summed E-state index contributed by atoms with van der Waals surface area (Å²) in [7, 11) is 0. The molecule has 1 aromatic heterocycles. The molecule has 0 bridgehead atoms. The van der Waals surface area contributed by atoms with E-state index in [1.165, 1.54) is 10.5 Å². The van der Waals surface area contributed by atoms with Gasteiger partial charge in [-0.15, -0.1) is 0 Å². The van der Waals surface area contributed by atoms with Gasteiger partial charge in [-0.25, -0.2) is 14.3 Å². The highest BCUT2D eigenvalue weighted by Crippen LogP contribution is 2.35. The van der Waals surface area contributed by atoms with E-state index in [1.807, 2.05) is 6.07 Å². The molecule has 0 amide bonds. The van der Waals surface area contributed by atoms with Gasteiger partial charge in [0.2, 0.25) is 5.95 Å². The molecule has 1 unspecified atom stereocenters. The minimum absolute atomic E-state index is 0.332. The average molecular weight is 357 g/mol. The van der Waals surface area contributed by atoms with Crippen molar-refractivity contribution in [2.24, 2.45) is 0 Å². The Kier molecular flexibility index (Phi) is 5.17. The maximum Gasteiger partial charge on any atom is 0.225 e. The van der Waals surface area contributed by atoms with Gasteiger partial charge in [-0.05, 0) is 29.6 Å². The number of piperazine rings is 1. The van der Waals surface area contributed by atoms with Crippen LogP contribution in [0.15, 0.2) is 47.6 Å². The highest BCUT2D eigenvalue weighted by atomic mass is 32.2. The van der Waals surface area contributed by atoms with Crippen LogP contribution in [0.5, 0.6) is 0 Å². The summed E-state index contributed by atoms with van der Waals surface area (Å²) in [5.41, 5.74) is 1.36. The molecule has 25 heavy (non-hydrogen) atoms. The van der Waals surface area contributed by atoms with Crippen molar-refractivity contribution in [3.05, 3.63) is 48.3 Å². The lowest BCUT2D eigenvalue weighted by atomic mass is 10.2. The topological polar surface area (TPSA) is 55.7 Å². The Labute approximate surface area is 152 Å². The maximum atomic E-state index is 10.5. The number of hydrogen-bond acceptors (Lipinski definition) is 7. The van der Waals surface area contributed by atoms with E-state index in [-0.39, 0.29) is 6.10 Å². The largest absolute Gasteiger partial charge is 0.390 e. The molecular formula is C18H23N5OS. The first kappa shape index (κ1) is 16.8. The number of β-amino-alcohol motifs (C(OH)–C–C–N with tert-alkyl or cyclic N) is 1. The predicted octanol–water partition coefficient (Wildman–Crippen LogP) is 1.48. The summed E-state index contributed by atoms with van der Waals surface area (Å²) < 4.78 is 2.25. The van der Waals surface area contributed by atoms with Crippen molar-refractivity contribution in [3.8, 4) is 0 Å². The number of nitrogens with zero attached hydrogens (tertiary/aromatic N) is 5. The van der Waals surface area contributed by atoms with Crippen LogP contribution in [0.3, 0.4) is 0 Å². The van der Waals surface area contributed by atoms with Crippen LogP contribution in [0.4, 0.5) is 5.95 Å². The van der Waals surface area contributed by atoms with E-state index in [0.717, 1.165) is 45.2 Å². The Hall–Kier alpha value is -1.67. The molecule has 4 rings (SSSR count). The van der Waals surface area contributed by atoms with Crippen LogP contribution < -0.4 is 4.90 Å². The molecule has 0 aliphatic carbocycles. The lowest BCUT2D eigenvalue weighted by Crippen LogP contribution is -2.50. The number of aromatic nitrogens is 2. The number of hydrogen-bond donors (Lipinski definition) is 1. The smallest absolute Gasteiger partial charge is 0.225 e. The summed E-state index contributed by atoms with van der Waals surface area (Å²) >= 11 is 1.75.